The Morgan fingerprint density at radius 3 is 2.18 bits per heavy atom. The average Bonchev–Trinajstić information content (AvgIpc) is 2.92. The molecule has 0 fully saturated rings. The van der Waals surface area contributed by atoms with Crippen LogP contribution in [0.15, 0.2) is 65.7 Å². The number of nitrogens with one attached hydrogen (secondary N) is 2. The van der Waals surface area contributed by atoms with Crippen LogP contribution in [-0.2, 0) is 16.4 Å². The number of sulfonamides is 1. The van der Waals surface area contributed by atoms with Crippen LogP contribution in [0.4, 0.5) is 11.4 Å². The monoisotopic (exact) mass is 541 g/mol. The van der Waals surface area contributed by atoms with Crippen molar-refractivity contribution in [2.45, 2.75) is 11.3 Å². The van der Waals surface area contributed by atoms with E-state index in [0.29, 0.717) is 34.3 Å². The molecule has 3 aromatic carbocycles. The van der Waals surface area contributed by atoms with Gasteiger partial charge in [0.25, 0.3) is 10.0 Å². The summed E-state index contributed by atoms with van der Waals surface area (Å²) in [5, 5.41) is 21.1. The Balaban J connectivity index is 1.82. The lowest BCUT2D eigenvalue weighted by molar-refractivity contribution is -0.991. The summed E-state index contributed by atoms with van der Waals surface area (Å²) in [4.78, 5) is 4.35. The van der Waals surface area contributed by atoms with Crippen molar-refractivity contribution in [1.82, 2.24) is 4.98 Å². The molecule has 0 radical (unpaired) electrons. The van der Waals surface area contributed by atoms with Crippen LogP contribution < -0.4 is 28.9 Å². The molecule has 0 spiro atoms. The number of methoxy groups -OCH3 is 4. The number of hydrogen-bond donors (Lipinski definition) is 3. The number of ether oxygens (including phenoxy) is 4. The van der Waals surface area contributed by atoms with Crippen LogP contribution in [0.5, 0.6) is 23.0 Å². The minimum atomic E-state index is -4.16. The third-order valence-electron chi connectivity index (χ3n) is 5.95. The maximum absolute atomic E-state index is 13.3. The van der Waals surface area contributed by atoms with Gasteiger partial charge >= 0.3 is 0 Å². The second-order valence-electron chi connectivity index (χ2n) is 8.17. The fourth-order valence-electron chi connectivity index (χ4n) is 4.04. The van der Waals surface area contributed by atoms with Crippen molar-refractivity contribution >= 4 is 32.2 Å². The highest BCUT2D eigenvalue weighted by Crippen LogP contribution is 2.38. The Kier molecular flexibility index (Phi) is 7.88. The molecule has 1 atom stereocenters. The van der Waals surface area contributed by atoms with Gasteiger partial charge < -0.3 is 24.2 Å². The minimum absolute atomic E-state index is 0.148. The summed E-state index contributed by atoms with van der Waals surface area (Å²) in [5.74, 6) is 1.81. The van der Waals surface area contributed by atoms with E-state index in [1.54, 1.807) is 26.5 Å². The first-order valence-electron chi connectivity index (χ1n) is 11.3. The van der Waals surface area contributed by atoms with Crippen molar-refractivity contribution in [2.24, 2.45) is 0 Å². The fraction of sp³-hybridized carbons (Fsp3) is 0.192. The Labute approximate surface area is 219 Å². The van der Waals surface area contributed by atoms with Gasteiger partial charge in [-0.15, -0.1) is 0 Å². The Bertz CT molecular complexity index is 1570. The molecule has 4 rings (SSSR count). The van der Waals surface area contributed by atoms with Crippen molar-refractivity contribution in [3.8, 4) is 23.0 Å². The average molecular weight is 542 g/mol. The fourth-order valence-corrected chi connectivity index (χ4v) is 5.18. The molecule has 200 valence electrons. The zero-order valence-corrected chi connectivity index (χ0v) is 22.0. The van der Waals surface area contributed by atoms with Crippen molar-refractivity contribution in [3.05, 3.63) is 77.3 Å². The number of benzene rings is 3. The molecule has 4 aromatic rings. The van der Waals surface area contributed by atoms with Gasteiger partial charge in [-0.2, -0.15) is 5.23 Å². The third kappa shape index (κ3) is 5.43. The summed E-state index contributed by atoms with van der Waals surface area (Å²) in [6, 6.07) is 13.8. The summed E-state index contributed by atoms with van der Waals surface area (Å²) >= 11 is 0. The van der Waals surface area contributed by atoms with Crippen molar-refractivity contribution < 1.29 is 37.8 Å². The van der Waals surface area contributed by atoms with Crippen molar-refractivity contribution in [1.29, 1.82) is 0 Å². The second-order valence-corrected chi connectivity index (χ2v) is 9.85. The summed E-state index contributed by atoms with van der Waals surface area (Å²) in [6.45, 7) is 0. The van der Waals surface area contributed by atoms with E-state index < -0.39 is 15.2 Å². The highest BCUT2D eigenvalue weighted by Gasteiger charge is 2.21. The number of anilines is 1. The van der Waals surface area contributed by atoms with E-state index in [4.69, 9.17) is 18.9 Å². The number of aromatic nitrogens is 1. The molecule has 1 unspecified atom stereocenters. The van der Waals surface area contributed by atoms with Gasteiger partial charge in [0, 0.05) is 36.2 Å². The van der Waals surface area contributed by atoms with Gasteiger partial charge in [-0.25, -0.2) is 13.6 Å². The highest BCUT2D eigenvalue weighted by atomic mass is 32.2. The minimum Gasteiger partial charge on any atom is -0.595 e. The van der Waals surface area contributed by atoms with Crippen LogP contribution in [-0.4, -0.2) is 47.0 Å². The molecule has 12 heteroatoms. The SMILES string of the molecule is COc1cc(Cc2nccc3cc(OC)c(OC)cc23)c(NS(=O)(=O)c2cccc([NH+]([O-])O)c2)cc1OC. The smallest absolute Gasteiger partial charge is 0.262 e. The number of rotatable bonds is 10. The number of pyridine rings is 1. The van der Waals surface area contributed by atoms with E-state index in [1.807, 2.05) is 18.2 Å². The summed E-state index contributed by atoms with van der Waals surface area (Å²) < 4.78 is 50.9. The molecule has 11 nitrogen and oxygen atoms in total. The molecule has 0 aliphatic carbocycles. The molecular formula is C26H27N3O8S. The van der Waals surface area contributed by atoms with Gasteiger partial charge in [-0.05, 0) is 41.3 Å². The first-order chi connectivity index (χ1) is 18.2. The zero-order chi connectivity index (χ0) is 27.4. The summed E-state index contributed by atoms with van der Waals surface area (Å²) in [6.07, 6.45) is 1.88. The predicted octanol–water partition coefficient (Wildman–Crippen LogP) is 3.06. The van der Waals surface area contributed by atoms with Crippen LogP contribution in [0, 0.1) is 5.21 Å². The van der Waals surface area contributed by atoms with Gasteiger partial charge in [-0.1, -0.05) is 6.07 Å². The van der Waals surface area contributed by atoms with Crippen LogP contribution in [0.25, 0.3) is 10.8 Å². The molecule has 1 heterocycles. The van der Waals surface area contributed by atoms with Gasteiger partial charge in [0.05, 0.1) is 44.7 Å². The lowest BCUT2D eigenvalue weighted by atomic mass is 10.0. The quantitative estimate of drug-likeness (QED) is 0.258. The molecule has 0 saturated heterocycles. The Morgan fingerprint density at radius 1 is 0.895 bits per heavy atom. The van der Waals surface area contributed by atoms with Crippen LogP contribution >= 0.6 is 0 Å². The Hall–Kier alpha value is -4.10. The van der Waals surface area contributed by atoms with E-state index in [2.05, 4.69) is 9.71 Å². The molecule has 0 bridgehead atoms. The first kappa shape index (κ1) is 26.9. The van der Waals surface area contributed by atoms with Gasteiger partial charge in [0.1, 0.15) is 0 Å². The van der Waals surface area contributed by atoms with Crippen molar-refractivity contribution in [3.63, 3.8) is 0 Å². The molecule has 3 N–H and O–H groups in total. The summed E-state index contributed by atoms with van der Waals surface area (Å²) in [7, 11) is 1.86. The standard InChI is InChI=1S/C26H27N3O8S/c1-34-23-11-16-8-9-27-22(20(16)14-25(23)36-3)10-17-12-24(35-2)26(37-4)15-21(17)28-38(32,33)19-7-5-6-18(13-19)29(30)31/h5-9,11-15,28-30H,10H2,1-4H3. The maximum Gasteiger partial charge on any atom is 0.262 e. The highest BCUT2D eigenvalue weighted by molar-refractivity contribution is 7.92. The molecule has 0 amide bonds. The van der Waals surface area contributed by atoms with E-state index in [9.17, 15) is 18.8 Å². The largest absolute Gasteiger partial charge is 0.595 e. The first-order valence-corrected chi connectivity index (χ1v) is 12.8. The molecule has 0 aliphatic rings. The predicted molar refractivity (Wildman–Crippen MR) is 140 cm³/mol. The number of nitrogens with zero attached hydrogens (tertiary/aromatic N) is 1. The topological polar surface area (TPSA) is 144 Å². The molecule has 38 heavy (non-hydrogen) atoms. The zero-order valence-electron chi connectivity index (χ0n) is 21.1. The van der Waals surface area contributed by atoms with Gasteiger partial charge in [-0.3, -0.25) is 9.71 Å². The normalized spacial score (nSPS) is 12.2. The molecule has 0 saturated carbocycles. The lowest BCUT2D eigenvalue weighted by Gasteiger charge is -2.18. The summed E-state index contributed by atoms with van der Waals surface area (Å²) in [5.41, 5.74) is 1.28. The lowest BCUT2D eigenvalue weighted by Crippen LogP contribution is -2.99. The van der Waals surface area contributed by atoms with Crippen LogP contribution in [0.3, 0.4) is 0 Å². The van der Waals surface area contributed by atoms with E-state index in [1.165, 1.54) is 38.5 Å². The van der Waals surface area contributed by atoms with Crippen LogP contribution in [0.1, 0.15) is 11.3 Å². The van der Waals surface area contributed by atoms with E-state index >= 15 is 0 Å². The van der Waals surface area contributed by atoms with Crippen LogP contribution in [0.2, 0.25) is 0 Å². The molecular weight excluding hydrogens is 514 g/mol. The number of fused-ring (bicyclic) bond motifs is 1. The third-order valence-corrected chi connectivity index (χ3v) is 7.32. The molecule has 1 aromatic heterocycles. The van der Waals surface area contributed by atoms with E-state index in [0.717, 1.165) is 16.8 Å². The second kappa shape index (κ2) is 11.1. The van der Waals surface area contributed by atoms with Crippen molar-refractivity contribution in [2.75, 3.05) is 33.2 Å². The Morgan fingerprint density at radius 2 is 1.53 bits per heavy atom. The van der Waals surface area contributed by atoms with Gasteiger partial charge in [0.15, 0.2) is 28.7 Å². The number of quaternary nitrogens is 1. The van der Waals surface area contributed by atoms with E-state index in [-0.39, 0.29) is 22.7 Å². The maximum atomic E-state index is 13.3. The number of hydrogen-bond acceptors (Lipinski definition) is 9. The van der Waals surface area contributed by atoms with Gasteiger partial charge in [0.2, 0.25) is 0 Å². The molecule has 0 aliphatic heterocycles.